The Kier molecular flexibility index (Phi) is 5.73. The van der Waals surface area contributed by atoms with Gasteiger partial charge in [0.2, 0.25) is 0 Å². The number of aromatic hydroxyl groups is 1. The molecular weight excluding hydrogens is 306 g/mol. The summed E-state index contributed by atoms with van der Waals surface area (Å²) in [6.45, 7) is 6.22. The van der Waals surface area contributed by atoms with Gasteiger partial charge in [0.05, 0.1) is 5.52 Å². The first kappa shape index (κ1) is 17.7. The number of nitrogens with one attached hydrogen (secondary N) is 1. The van der Waals surface area contributed by atoms with Crippen molar-refractivity contribution in [1.82, 2.24) is 9.99 Å². The minimum atomic E-state index is -0.693. The van der Waals surface area contributed by atoms with E-state index in [1.165, 1.54) is 0 Å². The van der Waals surface area contributed by atoms with Gasteiger partial charge in [-0.15, -0.1) is 0 Å². The number of aryl methyl sites for hydroxylation is 1. The Morgan fingerprint density at radius 3 is 2.67 bits per heavy atom. The van der Waals surface area contributed by atoms with E-state index in [1.807, 2.05) is 13.8 Å². The lowest BCUT2D eigenvalue weighted by molar-refractivity contribution is 0.0950. The Morgan fingerprint density at radius 1 is 1.29 bits per heavy atom. The normalized spacial score (nSPS) is 11.7. The Labute approximate surface area is 140 Å². The van der Waals surface area contributed by atoms with E-state index >= 15 is 0 Å². The molecule has 1 aromatic carbocycles. The summed E-state index contributed by atoms with van der Waals surface area (Å²) in [4.78, 5) is 25.1. The molecule has 2 rings (SSSR count). The highest BCUT2D eigenvalue weighted by atomic mass is 16.3. The van der Waals surface area contributed by atoms with Gasteiger partial charge >= 0.3 is 0 Å². The zero-order valence-electron chi connectivity index (χ0n) is 14.3. The Morgan fingerprint density at radius 2 is 2.00 bits per heavy atom. The van der Waals surface area contributed by atoms with E-state index in [2.05, 4.69) is 10.5 Å². The smallest absolute Gasteiger partial charge is 0.280 e. The number of carbonyl (C=O) groups excluding carboxylic acids is 1. The summed E-state index contributed by atoms with van der Waals surface area (Å²) in [6.07, 6.45) is 2.41. The third-order valence-corrected chi connectivity index (χ3v) is 3.97. The lowest BCUT2D eigenvalue weighted by atomic mass is 10.1. The lowest BCUT2D eigenvalue weighted by Gasteiger charge is -2.14. The molecule has 2 aromatic rings. The highest BCUT2D eigenvalue weighted by Gasteiger charge is 2.21. The van der Waals surface area contributed by atoms with Gasteiger partial charge in [0, 0.05) is 17.6 Å². The van der Waals surface area contributed by atoms with Gasteiger partial charge in [0.15, 0.2) is 0 Å². The number of pyridine rings is 1. The van der Waals surface area contributed by atoms with E-state index in [-0.39, 0.29) is 11.3 Å². The lowest BCUT2D eigenvalue weighted by Crippen LogP contribution is -2.32. The average molecular weight is 329 g/mol. The summed E-state index contributed by atoms with van der Waals surface area (Å²) in [5, 5.41) is 14.9. The van der Waals surface area contributed by atoms with Crippen LogP contribution in [-0.4, -0.2) is 21.3 Å². The van der Waals surface area contributed by atoms with Gasteiger partial charge in [0.1, 0.15) is 11.3 Å². The number of nitrogens with zero attached hydrogens (tertiary/aromatic N) is 2. The van der Waals surface area contributed by atoms with Crippen LogP contribution in [0.5, 0.6) is 5.75 Å². The van der Waals surface area contributed by atoms with Gasteiger partial charge in [-0.25, -0.2) is 5.43 Å². The second-order valence-electron chi connectivity index (χ2n) is 5.69. The van der Waals surface area contributed by atoms with Crippen molar-refractivity contribution in [3.8, 4) is 5.75 Å². The summed E-state index contributed by atoms with van der Waals surface area (Å²) >= 11 is 0. The standard InChI is InChI=1S/C18H23N3O3/c1-4-6-11-21-14-10-8-7-9-13(14)16(22)15(18(21)24)17(23)20-19-12(3)5-2/h7-10,22H,4-6,11H2,1-3H3,(H,20,23). The fourth-order valence-corrected chi connectivity index (χ4v) is 2.41. The third-order valence-electron chi connectivity index (χ3n) is 3.97. The molecule has 0 radical (unpaired) electrons. The van der Waals surface area contributed by atoms with Crippen LogP contribution >= 0.6 is 0 Å². The first-order valence-electron chi connectivity index (χ1n) is 8.19. The minimum absolute atomic E-state index is 0.266. The summed E-state index contributed by atoms with van der Waals surface area (Å²) in [6, 6.07) is 7.03. The maximum Gasteiger partial charge on any atom is 0.280 e. The minimum Gasteiger partial charge on any atom is -0.506 e. The molecule has 0 saturated heterocycles. The predicted octanol–water partition coefficient (Wildman–Crippen LogP) is 3.02. The maximum absolute atomic E-state index is 12.8. The molecule has 1 heterocycles. The number of fused-ring (bicyclic) bond motifs is 1. The molecule has 6 heteroatoms. The molecule has 24 heavy (non-hydrogen) atoms. The quantitative estimate of drug-likeness (QED) is 0.631. The van der Waals surface area contributed by atoms with Crippen LogP contribution in [0.25, 0.3) is 10.9 Å². The van der Waals surface area contributed by atoms with Crippen molar-refractivity contribution in [2.75, 3.05) is 0 Å². The average Bonchev–Trinajstić information content (AvgIpc) is 2.59. The highest BCUT2D eigenvalue weighted by Crippen LogP contribution is 2.26. The van der Waals surface area contributed by atoms with E-state index in [9.17, 15) is 14.7 Å². The molecule has 0 saturated carbocycles. The number of unbranched alkanes of at least 4 members (excludes halogenated alkanes) is 1. The first-order valence-corrected chi connectivity index (χ1v) is 8.19. The number of amides is 1. The molecule has 0 fully saturated rings. The summed E-state index contributed by atoms with van der Waals surface area (Å²) < 4.78 is 1.55. The maximum atomic E-state index is 12.8. The Hall–Kier alpha value is -2.63. The SMILES string of the molecule is CCCCn1c(=O)c(C(=O)NN=C(C)CC)c(O)c2ccccc21. The number of hydrogen-bond donors (Lipinski definition) is 2. The summed E-state index contributed by atoms with van der Waals surface area (Å²) in [5.41, 5.74) is 2.94. The molecule has 6 nitrogen and oxygen atoms in total. The van der Waals surface area contributed by atoms with Crippen LogP contribution in [-0.2, 0) is 6.54 Å². The summed E-state index contributed by atoms with van der Waals surface area (Å²) in [5.74, 6) is -0.994. The van der Waals surface area contributed by atoms with Crippen molar-refractivity contribution in [3.63, 3.8) is 0 Å². The second kappa shape index (κ2) is 7.77. The van der Waals surface area contributed by atoms with Crippen LogP contribution in [0.1, 0.15) is 50.4 Å². The number of rotatable bonds is 6. The third kappa shape index (κ3) is 3.48. The van der Waals surface area contributed by atoms with Crippen LogP contribution < -0.4 is 11.0 Å². The van der Waals surface area contributed by atoms with Crippen LogP contribution in [0, 0.1) is 0 Å². The number of para-hydroxylation sites is 1. The number of hydrazone groups is 1. The Balaban J connectivity index is 2.61. The van der Waals surface area contributed by atoms with E-state index < -0.39 is 11.5 Å². The van der Waals surface area contributed by atoms with Crippen molar-refractivity contribution in [2.45, 2.75) is 46.6 Å². The van der Waals surface area contributed by atoms with Gasteiger partial charge < -0.3 is 9.67 Å². The van der Waals surface area contributed by atoms with Crippen LogP contribution in [0.3, 0.4) is 0 Å². The van der Waals surface area contributed by atoms with E-state index in [0.29, 0.717) is 23.9 Å². The zero-order valence-corrected chi connectivity index (χ0v) is 14.3. The van der Waals surface area contributed by atoms with E-state index in [1.54, 1.807) is 35.8 Å². The van der Waals surface area contributed by atoms with Gasteiger partial charge in [-0.1, -0.05) is 32.4 Å². The first-order chi connectivity index (χ1) is 11.5. The van der Waals surface area contributed by atoms with E-state index in [4.69, 9.17) is 0 Å². The van der Waals surface area contributed by atoms with Gasteiger partial charge in [-0.3, -0.25) is 9.59 Å². The second-order valence-corrected chi connectivity index (χ2v) is 5.69. The molecular formula is C18H23N3O3. The summed E-state index contributed by atoms with van der Waals surface area (Å²) in [7, 11) is 0. The van der Waals surface area contributed by atoms with Crippen LogP contribution in [0.2, 0.25) is 0 Å². The molecule has 1 amide bonds. The number of benzene rings is 1. The molecule has 1 aromatic heterocycles. The molecule has 128 valence electrons. The zero-order chi connectivity index (χ0) is 17.7. The monoisotopic (exact) mass is 329 g/mol. The predicted molar refractivity (Wildman–Crippen MR) is 95.6 cm³/mol. The molecule has 0 spiro atoms. The molecule has 0 unspecified atom stereocenters. The fourth-order valence-electron chi connectivity index (χ4n) is 2.41. The van der Waals surface area contributed by atoms with Crippen LogP contribution in [0.4, 0.5) is 0 Å². The molecule has 2 N–H and O–H groups in total. The van der Waals surface area contributed by atoms with Gasteiger partial charge in [-0.2, -0.15) is 5.10 Å². The van der Waals surface area contributed by atoms with Crippen molar-refractivity contribution >= 4 is 22.5 Å². The highest BCUT2D eigenvalue weighted by molar-refractivity contribution is 6.02. The number of hydrogen-bond acceptors (Lipinski definition) is 4. The topological polar surface area (TPSA) is 83.7 Å². The molecule has 0 atom stereocenters. The van der Waals surface area contributed by atoms with Crippen molar-refractivity contribution < 1.29 is 9.90 Å². The van der Waals surface area contributed by atoms with Crippen molar-refractivity contribution in [3.05, 3.63) is 40.2 Å². The van der Waals surface area contributed by atoms with Gasteiger partial charge in [-0.05, 0) is 31.9 Å². The van der Waals surface area contributed by atoms with Crippen molar-refractivity contribution in [2.24, 2.45) is 5.10 Å². The Bertz CT molecular complexity index is 837. The molecule has 0 aliphatic heterocycles. The molecule has 0 aliphatic carbocycles. The largest absolute Gasteiger partial charge is 0.506 e. The van der Waals surface area contributed by atoms with E-state index in [0.717, 1.165) is 18.6 Å². The van der Waals surface area contributed by atoms with Gasteiger partial charge in [0.25, 0.3) is 11.5 Å². The van der Waals surface area contributed by atoms with Crippen molar-refractivity contribution in [1.29, 1.82) is 0 Å². The van der Waals surface area contributed by atoms with Crippen LogP contribution in [0.15, 0.2) is 34.2 Å². The number of aromatic nitrogens is 1. The molecule has 0 aliphatic rings. The number of carbonyl (C=O) groups is 1. The fraction of sp³-hybridized carbons (Fsp3) is 0.389. The molecule has 0 bridgehead atoms.